The van der Waals surface area contributed by atoms with Crippen LogP contribution in [0.4, 0.5) is 0 Å². The van der Waals surface area contributed by atoms with Crippen LogP contribution in [-0.2, 0) is 0 Å². The van der Waals surface area contributed by atoms with Crippen molar-refractivity contribution in [3.05, 3.63) is 33.4 Å². The number of nitrogens with one attached hydrogen (secondary N) is 3. The standard InChI is InChI=1S/C36H57N3O6/c1-31(2)13-19(14-32(3,4)37-31)22-25(28(40)41)23(20-15-33(5,6)38-34(7,8)16-20)27(30(44)45)24(26(22)29(42)43)21-17-35(9,10)39-36(11,12)18-21/h19-21,37-39H,13-18H2,1-12H3,(H,40,41)(H,42,43)(H,44,45)/p-3. The van der Waals surface area contributed by atoms with Gasteiger partial charge in [-0.3, -0.25) is 0 Å². The fourth-order valence-electron chi connectivity index (χ4n) is 10.3. The maximum absolute atomic E-state index is 13.4. The molecule has 0 aromatic heterocycles. The predicted molar refractivity (Wildman–Crippen MR) is 169 cm³/mol. The normalized spacial score (nSPS) is 25.9. The minimum absolute atomic E-state index is 0.149. The summed E-state index contributed by atoms with van der Waals surface area (Å²) in [7, 11) is 0. The molecule has 3 aliphatic rings. The number of benzene rings is 1. The zero-order valence-corrected chi connectivity index (χ0v) is 29.4. The Morgan fingerprint density at radius 3 is 0.711 bits per heavy atom. The summed E-state index contributed by atoms with van der Waals surface area (Å²) in [5.74, 6) is -6.20. The molecule has 0 unspecified atom stereocenters. The quantitative estimate of drug-likeness (QED) is 0.433. The van der Waals surface area contributed by atoms with Gasteiger partial charge in [0.25, 0.3) is 0 Å². The zero-order chi connectivity index (χ0) is 34.3. The van der Waals surface area contributed by atoms with Gasteiger partial charge in [-0.2, -0.15) is 0 Å². The van der Waals surface area contributed by atoms with Gasteiger partial charge in [-0.25, -0.2) is 0 Å². The molecule has 0 atom stereocenters. The number of hydrogen-bond donors (Lipinski definition) is 3. The highest BCUT2D eigenvalue weighted by atomic mass is 16.4. The van der Waals surface area contributed by atoms with Gasteiger partial charge in [-0.15, -0.1) is 0 Å². The molecule has 1 aromatic rings. The average molecular weight is 625 g/mol. The van der Waals surface area contributed by atoms with Crippen molar-refractivity contribution in [3.63, 3.8) is 0 Å². The van der Waals surface area contributed by atoms with Crippen molar-refractivity contribution in [2.24, 2.45) is 0 Å². The second-order valence-corrected chi connectivity index (χ2v) is 18.2. The number of hydrogen-bond acceptors (Lipinski definition) is 9. The molecule has 0 bridgehead atoms. The van der Waals surface area contributed by atoms with Crippen molar-refractivity contribution in [2.75, 3.05) is 0 Å². The van der Waals surface area contributed by atoms with Crippen LogP contribution in [0.1, 0.15) is 187 Å². The van der Waals surface area contributed by atoms with Crippen LogP contribution in [0.3, 0.4) is 0 Å². The van der Waals surface area contributed by atoms with Crippen molar-refractivity contribution < 1.29 is 29.7 Å². The molecule has 4 rings (SSSR count). The summed E-state index contributed by atoms with van der Waals surface area (Å²) in [6, 6.07) is 0. The maximum Gasteiger partial charge on any atom is 0.0721 e. The molecule has 3 heterocycles. The molecule has 0 amide bonds. The molecule has 0 spiro atoms. The van der Waals surface area contributed by atoms with Crippen molar-refractivity contribution >= 4 is 17.9 Å². The van der Waals surface area contributed by atoms with Crippen LogP contribution in [0.15, 0.2) is 0 Å². The second kappa shape index (κ2) is 11.1. The molecule has 1 aromatic carbocycles. The lowest BCUT2D eigenvalue weighted by molar-refractivity contribution is -0.255. The number of piperidine rings is 3. The van der Waals surface area contributed by atoms with Crippen LogP contribution < -0.4 is 31.3 Å². The summed E-state index contributed by atoms with van der Waals surface area (Å²) < 4.78 is 0. The molecular formula is C36H54N3O6-3. The lowest BCUT2D eigenvalue weighted by Gasteiger charge is -2.51. The third-order valence-corrected chi connectivity index (χ3v) is 10.0. The average Bonchev–Trinajstić information content (AvgIpc) is 2.75. The van der Waals surface area contributed by atoms with Crippen molar-refractivity contribution in [1.82, 2.24) is 16.0 Å². The third-order valence-electron chi connectivity index (χ3n) is 10.0. The largest absolute Gasteiger partial charge is 0.545 e. The topological polar surface area (TPSA) is 156 Å². The van der Waals surface area contributed by atoms with Gasteiger partial charge in [0, 0.05) is 49.9 Å². The Kier molecular flexibility index (Phi) is 8.69. The van der Waals surface area contributed by atoms with E-state index < -0.39 is 68.9 Å². The van der Waals surface area contributed by atoms with Gasteiger partial charge in [0.05, 0.1) is 17.9 Å². The molecule has 45 heavy (non-hydrogen) atoms. The maximum atomic E-state index is 13.4. The highest BCUT2D eigenvalue weighted by Gasteiger charge is 2.47. The zero-order valence-electron chi connectivity index (χ0n) is 29.4. The van der Waals surface area contributed by atoms with Gasteiger partial charge >= 0.3 is 0 Å². The van der Waals surface area contributed by atoms with Crippen LogP contribution in [0.5, 0.6) is 0 Å². The van der Waals surface area contributed by atoms with Gasteiger partial charge in [0.2, 0.25) is 0 Å². The first-order valence-electron chi connectivity index (χ1n) is 16.4. The fraction of sp³-hybridized carbons (Fsp3) is 0.750. The van der Waals surface area contributed by atoms with Gasteiger partial charge in [-0.1, -0.05) is 0 Å². The van der Waals surface area contributed by atoms with Gasteiger partial charge in [-0.05, 0) is 156 Å². The fourth-order valence-corrected chi connectivity index (χ4v) is 10.3. The molecule has 0 aliphatic carbocycles. The number of carboxylic acid groups (broad SMARTS) is 3. The van der Waals surface area contributed by atoms with Crippen molar-refractivity contribution in [2.45, 2.75) is 173 Å². The van der Waals surface area contributed by atoms with Crippen LogP contribution in [0.25, 0.3) is 0 Å². The molecule has 0 radical (unpaired) electrons. The van der Waals surface area contributed by atoms with Gasteiger partial charge in [0.1, 0.15) is 0 Å². The summed E-state index contributed by atoms with van der Waals surface area (Å²) >= 11 is 0. The van der Waals surface area contributed by atoms with E-state index in [1.54, 1.807) is 0 Å². The molecule has 9 heteroatoms. The van der Waals surface area contributed by atoms with E-state index in [4.69, 9.17) is 0 Å². The number of carbonyl (C=O) groups excluding carboxylic acids is 3. The van der Waals surface area contributed by atoms with E-state index in [0.717, 1.165) is 0 Å². The predicted octanol–water partition coefficient (Wildman–Crippen LogP) is 2.85. The van der Waals surface area contributed by atoms with E-state index >= 15 is 0 Å². The Bertz CT molecular complexity index is 1170. The van der Waals surface area contributed by atoms with Gasteiger partial charge in [0.15, 0.2) is 0 Å². The Labute approximate surface area is 269 Å². The van der Waals surface area contributed by atoms with E-state index in [-0.39, 0.29) is 33.4 Å². The van der Waals surface area contributed by atoms with E-state index in [1.807, 2.05) is 83.1 Å². The minimum atomic E-state index is -1.56. The summed E-state index contributed by atoms with van der Waals surface area (Å²) in [5.41, 5.74) is -3.19. The molecule has 3 saturated heterocycles. The van der Waals surface area contributed by atoms with Gasteiger partial charge < -0.3 is 45.7 Å². The number of carbonyl (C=O) groups is 3. The van der Waals surface area contributed by atoms with E-state index in [1.165, 1.54) is 0 Å². The summed E-state index contributed by atoms with van der Waals surface area (Å²) in [6.45, 7) is 24.2. The highest BCUT2D eigenvalue weighted by Crippen LogP contribution is 2.51. The molecule has 3 aliphatic heterocycles. The third kappa shape index (κ3) is 7.41. The Hall–Kier alpha value is -2.49. The Balaban J connectivity index is 2.23. The van der Waals surface area contributed by atoms with Crippen LogP contribution in [-0.4, -0.2) is 51.1 Å². The number of rotatable bonds is 6. The van der Waals surface area contributed by atoms with E-state index in [2.05, 4.69) is 16.0 Å². The lowest BCUT2D eigenvalue weighted by Crippen LogP contribution is -2.58. The Morgan fingerprint density at radius 1 is 0.422 bits per heavy atom. The second-order valence-electron chi connectivity index (χ2n) is 18.2. The summed E-state index contributed by atoms with van der Waals surface area (Å²) in [4.78, 5) is 40.3. The first-order valence-corrected chi connectivity index (χ1v) is 16.4. The monoisotopic (exact) mass is 624 g/mol. The first kappa shape index (κ1) is 35.4. The van der Waals surface area contributed by atoms with E-state index in [9.17, 15) is 29.7 Å². The minimum Gasteiger partial charge on any atom is -0.545 e. The Morgan fingerprint density at radius 2 is 0.578 bits per heavy atom. The van der Waals surface area contributed by atoms with Crippen molar-refractivity contribution in [3.8, 4) is 0 Å². The van der Waals surface area contributed by atoms with Crippen LogP contribution >= 0.6 is 0 Å². The summed E-state index contributed by atoms with van der Waals surface area (Å²) in [6.07, 6.45) is 2.71. The number of carboxylic acids is 3. The summed E-state index contributed by atoms with van der Waals surface area (Å²) in [5, 5.41) is 51.1. The lowest BCUT2D eigenvalue weighted by atomic mass is 9.63. The molecule has 9 nitrogen and oxygen atoms in total. The SMILES string of the molecule is CC1(C)CC(c2c(C(=O)[O-])c(C3CC(C)(C)NC(C)(C)C3)c(C(=O)[O-])c(C3CC(C)(C)NC(C)(C)C3)c2C(=O)[O-])CC(C)(C)N1. The highest BCUT2D eigenvalue weighted by molar-refractivity contribution is 6.04. The molecule has 252 valence electrons. The van der Waals surface area contributed by atoms with Crippen molar-refractivity contribution in [1.29, 1.82) is 0 Å². The van der Waals surface area contributed by atoms with Crippen LogP contribution in [0, 0.1) is 0 Å². The molecule has 0 saturated carbocycles. The number of aromatic carboxylic acids is 3. The first-order chi connectivity index (χ1) is 20.2. The van der Waals surface area contributed by atoms with E-state index in [0.29, 0.717) is 38.5 Å². The molecular weight excluding hydrogens is 570 g/mol. The molecule has 3 N–H and O–H groups in total. The molecule has 3 fully saturated rings. The smallest absolute Gasteiger partial charge is 0.0721 e. The van der Waals surface area contributed by atoms with Crippen LogP contribution in [0.2, 0.25) is 0 Å².